The number of hydrogen-bond donors (Lipinski definition) is 1. The lowest BCUT2D eigenvalue weighted by Gasteiger charge is -2.28. The summed E-state index contributed by atoms with van der Waals surface area (Å²) in [5.41, 5.74) is 2.69. The van der Waals surface area contributed by atoms with Crippen LogP contribution in [0.5, 0.6) is 0 Å². The SMILES string of the molecule is O=C(c1cnc(Nc2ccc(N3CCCCC3)cc2)nc1)N1CCOCC1. The van der Waals surface area contributed by atoms with Crippen molar-refractivity contribution in [3.63, 3.8) is 0 Å². The molecule has 0 radical (unpaired) electrons. The van der Waals surface area contributed by atoms with Crippen LogP contribution in [0.1, 0.15) is 29.6 Å². The molecule has 1 aromatic carbocycles. The molecule has 2 saturated heterocycles. The minimum atomic E-state index is -0.0456. The first kappa shape index (κ1) is 17.7. The number of anilines is 3. The molecule has 0 bridgehead atoms. The second-order valence-corrected chi connectivity index (χ2v) is 6.92. The fourth-order valence-corrected chi connectivity index (χ4v) is 3.49. The second-order valence-electron chi connectivity index (χ2n) is 6.92. The van der Waals surface area contributed by atoms with E-state index in [2.05, 4.69) is 32.3 Å². The predicted octanol–water partition coefficient (Wildman–Crippen LogP) is 2.68. The third kappa shape index (κ3) is 4.36. The van der Waals surface area contributed by atoms with Crippen molar-refractivity contribution in [2.45, 2.75) is 19.3 Å². The van der Waals surface area contributed by atoms with Crippen molar-refractivity contribution >= 4 is 23.2 Å². The van der Waals surface area contributed by atoms with Crippen LogP contribution in [0.4, 0.5) is 17.3 Å². The number of amides is 1. The summed E-state index contributed by atoms with van der Waals surface area (Å²) < 4.78 is 5.28. The molecule has 1 amide bonds. The summed E-state index contributed by atoms with van der Waals surface area (Å²) in [5.74, 6) is 0.440. The Hall–Kier alpha value is -2.67. The van der Waals surface area contributed by atoms with Gasteiger partial charge in [0.2, 0.25) is 5.95 Å². The molecule has 2 aromatic rings. The standard InChI is InChI=1S/C20H25N5O2/c26-19(25-10-12-27-13-11-25)16-14-21-20(22-15-16)23-17-4-6-18(7-5-17)24-8-2-1-3-9-24/h4-7,14-15H,1-3,8-13H2,(H,21,22,23). The molecule has 1 N–H and O–H groups in total. The Morgan fingerprint density at radius 3 is 2.26 bits per heavy atom. The van der Waals surface area contributed by atoms with Gasteiger partial charge in [0.25, 0.3) is 5.91 Å². The lowest BCUT2D eigenvalue weighted by molar-refractivity contribution is 0.0302. The Labute approximate surface area is 159 Å². The van der Waals surface area contributed by atoms with E-state index in [4.69, 9.17) is 4.74 Å². The summed E-state index contributed by atoms with van der Waals surface area (Å²) in [6, 6.07) is 8.34. The number of rotatable bonds is 4. The minimum absolute atomic E-state index is 0.0456. The fourth-order valence-electron chi connectivity index (χ4n) is 3.49. The summed E-state index contributed by atoms with van der Waals surface area (Å²) >= 11 is 0. The minimum Gasteiger partial charge on any atom is -0.378 e. The van der Waals surface area contributed by atoms with Crippen molar-refractivity contribution in [2.75, 3.05) is 49.6 Å². The predicted molar refractivity (Wildman–Crippen MR) is 105 cm³/mol. The zero-order valence-electron chi connectivity index (χ0n) is 15.4. The molecule has 2 aliphatic rings. The number of carbonyl (C=O) groups excluding carboxylic acids is 1. The highest BCUT2D eigenvalue weighted by atomic mass is 16.5. The Kier molecular flexibility index (Phi) is 5.48. The van der Waals surface area contributed by atoms with E-state index in [1.807, 2.05) is 12.1 Å². The van der Waals surface area contributed by atoms with Gasteiger partial charge >= 0.3 is 0 Å². The van der Waals surface area contributed by atoms with Crippen LogP contribution < -0.4 is 10.2 Å². The third-order valence-corrected chi connectivity index (χ3v) is 5.04. The number of ether oxygens (including phenoxy) is 1. The maximum Gasteiger partial charge on any atom is 0.257 e. The molecule has 0 unspecified atom stereocenters. The first-order chi connectivity index (χ1) is 13.3. The molecule has 0 spiro atoms. The molecule has 2 aliphatic heterocycles. The Balaban J connectivity index is 1.37. The monoisotopic (exact) mass is 367 g/mol. The van der Waals surface area contributed by atoms with Gasteiger partial charge in [-0.2, -0.15) is 0 Å². The first-order valence-electron chi connectivity index (χ1n) is 9.61. The largest absolute Gasteiger partial charge is 0.378 e. The van der Waals surface area contributed by atoms with E-state index in [0.717, 1.165) is 18.8 Å². The Bertz CT molecular complexity index is 751. The molecule has 0 atom stereocenters. The van der Waals surface area contributed by atoms with Crippen LogP contribution in [-0.4, -0.2) is 60.2 Å². The highest BCUT2D eigenvalue weighted by Gasteiger charge is 2.19. The van der Waals surface area contributed by atoms with Crippen LogP contribution >= 0.6 is 0 Å². The molecule has 1 aromatic heterocycles. The zero-order chi connectivity index (χ0) is 18.5. The van der Waals surface area contributed by atoms with Crippen LogP contribution in [0.25, 0.3) is 0 Å². The summed E-state index contributed by atoms with van der Waals surface area (Å²) in [4.78, 5) is 25.2. The first-order valence-corrected chi connectivity index (χ1v) is 9.61. The lowest BCUT2D eigenvalue weighted by atomic mass is 10.1. The maximum atomic E-state index is 12.4. The molecule has 2 fully saturated rings. The van der Waals surface area contributed by atoms with Crippen LogP contribution in [0, 0.1) is 0 Å². The Morgan fingerprint density at radius 2 is 1.59 bits per heavy atom. The van der Waals surface area contributed by atoms with Crippen molar-refractivity contribution in [2.24, 2.45) is 0 Å². The molecule has 7 heteroatoms. The van der Waals surface area contributed by atoms with Gasteiger partial charge in [0, 0.05) is 49.9 Å². The van der Waals surface area contributed by atoms with Crippen molar-refractivity contribution in [3.05, 3.63) is 42.2 Å². The Morgan fingerprint density at radius 1 is 0.926 bits per heavy atom. The van der Waals surface area contributed by atoms with E-state index in [1.54, 1.807) is 17.3 Å². The molecule has 0 saturated carbocycles. The smallest absolute Gasteiger partial charge is 0.257 e. The van der Waals surface area contributed by atoms with Crippen LogP contribution in [-0.2, 0) is 4.74 Å². The lowest BCUT2D eigenvalue weighted by Crippen LogP contribution is -2.40. The van der Waals surface area contributed by atoms with Crippen molar-refractivity contribution in [1.29, 1.82) is 0 Å². The number of aromatic nitrogens is 2. The van der Waals surface area contributed by atoms with Gasteiger partial charge in [-0.25, -0.2) is 9.97 Å². The summed E-state index contributed by atoms with van der Waals surface area (Å²) in [6.45, 7) is 4.66. The van der Waals surface area contributed by atoms with Gasteiger partial charge in [0.15, 0.2) is 0 Å². The van der Waals surface area contributed by atoms with Gasteiger partial charge in [-0.05, 0) is 43.5 Å². The van der Waals surface area contributed by atoms with E-state index in [0.29, 0.717) is 37.8 Å². The van der Waals surface area contributed by atoms with Gasteiger partial charge in [-0.3, -0.25) is 4.79 Å². The number of carbonyl (C=O) groups is 1. The third-order valence-electron chi connectivity index (χ3n) is 5.04. The van der Waals surface area contributed by atoms with Gasteiger partial charge in [0.05, 0.1) is 18.8 Å². The quantitative estimate of drug-likeness (QED) is 0.896. The maximum absolute atomic E-state index is 12.4. The molecule has 27 heavy (non-hydrogen) atoms. The average Bonchev–Trinajstić information content (AvgIpc) is 2.76. The van der Waals surface area contributed by atoms with E-state index < -0.39 is 0 Å². The molecule has 7 nitrogen and oxygen atoms in total. The van der Waals surface area contributed by atoms with E-state index >= 15 is 0 Å². The highest BCUT2D eigenvalue weighted by molar-refractivity contribution is 5.93. The van der Waals surface area contributed by atoms with E-state index in [1.165, 1.54) is 24.9 Å². The van der Waals surface area contributed by atoms with Gasteiger partial charge in [-0.1, -0.05) is 0 Å². The zero-order valence-corrected chi connectivity index (χ0v) is 15.4. The number of benzene rings is 1. The number of nitrogens with one attached hydrogen (secondary N) is 1. The van der Waals surface area contributed by atoms with Crippen LogP contribution in [0.3, 0.4) is 0 Å². The number of piperidine rings is 1. The molecule has 142 valence electrons. The van der Waals surface area contributed by atoms with Crippen molar-refractivity contribution < 1.29 is 9.53 Å². The van der Waals surface area contributed by atoms with E-state index in [-0.39, 0.29) is 5.91 Å². The van der Waals surface area contributed by atoms with Crippen LogP contribution in [0.2, 0.25) is 0 Å². The van der Waals surface area contributed by atoms with Crippen molar-refractivity contribution in [3.8, 4) is 0 Å². The average molecular weight is 367 g/mol. The molecular formula is C20H25N5O2. The number of hydrogen-bond acceptors (Lipinski definition) is 6. The number of nitrogens with zero attached hydrogens (tertiary/aromatic N) is 4. The highest BCUT2D eigenvalue weighted by Crippen LogP contribution is 2.22. The van der Waals surface area contributed by atoms with Crippen molar-refractivity contribution in [1.82, 2.24) is 14.9 Å². The van der Waals surface area contributed by atoms with E-state index in [9.17, 15) is 4.79 Å². The second kappa shape index (κ2) is 8.35. The molecule has 3 heterocycles. The topological polar surface area (TPSA) is 70.6 Å². The number of morpholine rings is 1. The van der Waals surface area contributed by atoms with Gasteiger partial charge < -0.3 is 19.9 Å². The molecular weight excluding hydrogens is 342 g/mol. The molecule has 0 aliphatic carbocycles. The van der Waals surface area contributed by atoms with Gasteiger partial charge in [-0.15, -0.1) is 0 Å². The summed E-state index contributed by atoms with van der Waals surface area (Å²) in [7, 11) is 0. The normalized spacial score (nSPS) is 17.6. The van der Waals surface area contributed by atoms with Gasteiger partial charge in [0.1, 0.15) is 0 Å². The molecule has 4 rings (SSSR count). The fraction of sp³-hybridized carbons (Fsp3) is 0.450. The van der Waals surface area contributed by atoms with Crippen LogP contribution in [0.15, 0.2) is 36.7 Å². The summed E-state index contributed by atoms with van der Waals surface area (Å²) in [5, 5.41) is 3.19. The summed E-state index contributed by atoms with van der Waals surface area (Å²) in [6.07, 6.45) is 7.02.